The molecule has 0 amide bonds. The van der Waals surface area contributed by atoms with Crippen molar-refractivity contribution in [2.24, 2.45) is 0 Å². The zero-order chi connectivity index (χ0) is 11.7. The van der Waals surface area contributed by atoms with Crippen molar-refractivity contribution in [1.29, 1.82) is 0 Å². The van der Waals surface area contributed by atoms with Crippen LogP contribution in [0.3, 0.4) is 0 Å². The number of aromatic nitrogens is 1. The van der Waals surface area contributed by atoms with Gasteiger partial charge in [-0.05, 0) is 30.7 Å². The van der Waals surface area contributed by atoms with Crippen LogP contribution in [0, 0.1) is 6.92 Å². The third-order valence-electron chi connectivity index (χ3n) is 2.28. The van der Waals surface area contributed by atoms with E-state index >= 15 is 0 Å². The highest BCUT2D eigenvalue weighted by Gasteiger charge is 2.11. The maximum absolute atomic E-state index is 11.4. The first-order valence-electron chi connectivity index (χ1n) is 4.75. The molecule has 0 radical (unpaired) electrons. The molecule has 4 nitrogen and oxygen atoms in total. The number of rotatable bonds is 2. The molecule has 16 heavy (non-hydrogen) atoms. The van der Waals surface area contributed by atoms with Gasteiger partial charge in [0, 0.05) is 11.6 Å². The summed E-state index contributed by atoms with van der Waals surface area (Å²) >= 11 is 0. The van der Waals surface area contributed by atoms with Crippen LogP contribution < -0.4 is 5.56 Å². The maximum Gasteiger partial charge on any atom is 0.283 e. The van der Waals surface area contributed by atoms with E-state index in [0.29, 0.717) is 21.8 Å². The third-order valence-corrected chi connectivity index (χ3v) is 2.28. The van der Waals surface area contributed by atoms with Crippen molar-refractivity contribution in [3.05, 3.63) is 64.5 Å². The molecule has 2 aromatic rings. The lowest BCUT2D eigenvalue weighted by Crippen LogP contribution is -2.20. The molecule has 82 valence electrons. The summed E-state index contributed by atoms with van der Waals surface area (Å²) in [5.41, 5.74) is 1.08. The maximum atomic E-state index is 11.4. The number of pyridine rings is 1. The summed E-state index contributed by atoms with van der Waals surface area (Å²) in [6.07, 6.45) is 1.51. The summed E-state index contributed by atoms with van der Waals surface area (Å²) in [6.45, 7) is 5.58. The summed E-state index contributed by atoms with van der Waals surface area (Å²) < 4.78 is 5.73. The molecule has 0 aliphatic heterocycles. The number of nitrogens with zero attached hydrogens (tertiary/aromatic N) is 1. The molecular weight excluding hydrogens is 206 g/mol. The predicted octanol–water partition coefficient (Wildman–Crippen LogP) is 2.05. The Balaban J connectivity index is 2.57. The molecular formula is C12H11NO3. The van der Waals surface area contributed by atoms with E-state index in [1.807, 2.05) is 0 Å². The minimum Gasteiger partial charge on any atom is -0.464 e. The molecule has 0 spiro atoms. The van der Waals surface area contributed by atoms with Gasteiger partial charge in [-0.2, -0.15) is 0 Å². The Kier molecular flexibility index (Phi) is 2.40. The van der Waals surface area contributed by atoms with Gasteiger partial charge in [-0.25, -0.2) is 0 Å². The number of hydrogen-bond donors (Lipinski definition) is 1. The molecule has 0 aromatic carbocycles. The van der Waals surface area contributed by atoms with E-state index < -0.39 is 5.56 Å². The molecule has 0 aliphatic carbocycles. The van der Waals surface area contributed by atoms with Crippen molar-refractivity contribution in [3.63, 3.8) is 0 Å². The van der Waals surface area contributed by atoms with E-state index in [4.69, 9.17) is 4.42 Å². The molecule has 0 atom stereocenters. The summed E-state index contributed by atoms with van der Waals surface area (Å²) in [7, 11) is 0. The average Bonchev–Trinajstić information content (AvgIpc) is 2.75. The van der Waals surface area contributed by atoms with Crippen molar-refractivity contribution >= 4 is 5.57 Å². The normalized spacial score (nSPS) is 10.3. The Morgan fingerprint density at radius 3 is 2.88 bits per heavy atom. The fourth-order valence-electron chi connectivity index (χ4n) is 1.48. The Morgan fingerprint density at radius 2 is 2.25 bits per heavy atom. The SMILES string of the molecule is C=C(c1ccco1)c1cc(C)cc(=O)n1O. The smallest absolute Gasteiger partial charge is 0.283 e. The lowest BCUT2D eigenvalue weighted by Gasteiger charge is -2.07. The molecule has 2 heterocycles. The van der Waals surface area contributed by atoms with Gasteiger partial charge in [-0.3, -0.25) is 4.79 Å². The lowest BCUT2D eigenvalue weighted by atomic mass is 10.1. The van der Waals surface area contributed by atoms with Crippen LogP contribution in [0.4, 0.5) is 0 Å². The first kappa shape index (κ1) is 10.3. The molecule has 0 saturated carbocycles. The number of aryl methyl sites for hydroxylation is 1. The van der Waals surface area contributed by atoms with Gasteiger partial charge in [0.05, 0.1) is 12.0 Å². The van der Waals surface area contributed by atoms with Crippen LogP contribution in [0.5, 0.6) is 0 Å². The minimum absolute atomic E-state index is 0.333. The zero-order valence-electron chi connectivity index (χ0n) is 8.80. The first-order chi connectivity index (χ1) is 7.59. The van der Waals surface area contributed by atoms with Gasteiger partial charge >= 0.3 is 0 Å². The standard InChI is InChI=1S/C12H11NO3/c1-8-6-10(13(15)12(14)7-8)9(2)11-4-3-5-16-11/h3-7,15H,2H2,1H3. The van der Waals surface area contributed by atoms with E-state index in [-0.39, 0.29) is 0 Å². The van der Waals surface area contributed by atoms with E-state index in [0.717, 1.165) is 5.56 Å². The van der Waals surface area contributed by atoms with Crippen molar-refractivity contribution in [2.45, 2.75) is 6.92 Å². The van der Waals surface area contributed by atoms with Crippen LogP contribution in [-0.2, 0) is 0 Å². The second-order valence-corrected chi connectivity index (χ2v) is 3.52. The quantitative estimate of drug-likeness (QED) is 0.783. The largest absolute Gasteiger partial charge is 0.464 e. The molecule has 4 heteroatoms. The van der Waals surface area contributed by atoms with Crippen LogP contribution in [-0.4, -0.2) is 9.94 Å². The summed E-state index contributed by atoms with van der Waals surface area (Å²) in [4.78, 5) is 11.4. The molecule has 2 rings (SSSR count). The molecule has 0 saturated heterocycles. The molecule has 0 fully saturated rings. The van der Waals surface area contributed by atoms with Gasteiger partial charge in [-0.1, -0.05) is 6.58 Å². The highest BCUT2D eigenvalue weighted by atomic mass is 16.5. The van der Waals surface area contributed by atoms with E-state index in [2.05, 4.69) is 6.58 Å². The molecule has 0 unspecified atom stereocenters. The van der Waals surface area contributed by atoms with Gasteiger partial charge in [0.25, 0.3) is 5.56 Å². The third kappa shape index (κ3) is 1.65. The van der Waals surface area contributed by atoms with Crippen LogP contribution in [0.1, 0.15) is 17.0 Å². The Morgan fingerprint density at radius 1 is 1.50 bits per heavy atom. The van der Waals surface area contributed by atoms with E-state index in [1.54, 1.807) is 25.1 Å². The molecule has 0 aliphatic rings. The van der Waals surface area contributed by atoms with Gasteiger partial charge in [0.2, 0.25) is 0 Å². The van der Waals surface area contributed by atoms with Gasteiger partial charge < -0.3 is 9.62 Å². The fraction of sp³-hybridized carbons (Fsp3) is 0.0833. The van der Waals surface area contributed by atoms with Crippen LogP contribution >= 0.6 is 0 Å². The van der Waals surface area contributed by atoms with Crippen LogP contribution in [0.25, 0.3) is 5.57 Å². The Labute approximate surface area is 92.0 Å². The topological polar surface area (TPSA) is 55.4 Å². The van der Waals surface area contributed by atoms with Crippen molar-refractivity contribution in [3.8, 4) is 0 Å². The van der Waals surface area contributed by atoms with Crippen LogP contribution in [0.15, 0.2) is 46.3 Å². The Hall–Kier alpha value is -2.23. The van der Waals surface area contributed by atoms with Crippen molar-refractivity contribution in [1.82, 2.24) is 4.73 Å². The van der Waals surface area contributed by atoms with Gasteiger partial charge in [0.1, 0.15) is 5.76 Å². The van der Waals surface area contributed by atoms with E-state index in [9.17, 15) is 10.0 Å². The van der Waals surface area contributed by atoms with Crippen molar-refractivity contribution < 1.29 is 9.62 Å². The summed E-state index contributed by atoms with van der Waals surface area (Å²) in [5, 5.41) is 9.59. The second kappa shape index (κ2) is 3.73. The lowest BCUT2D eigenvalue weighted by molar-refractivity contribution is 0.172. The Bertz CT molecular complexity index is 579. The highest BCUT2D eigenvalue weighted by Crippen LogP contribution is 2.20. The fourth-order valence-corrected chi connectivity index (χ4v) is 1.48. The van der Waals surface area contributed by atoms with Gasteiger partial charge in [0.15, 0.2) is 0 Å². The summed E-state index contributed by atoms with van der Waals surface area (Å²) in [5.74, 6) is 0.521. The van der Waals surface area contributed by atoms with Gasteiger partial charge in [-0.15, -0.1) is 4.73 Å². The van der Waals surface area contributed by atoms with Crippen LogP contribution in [0.2, 0.25) is 0 Å². The average molecular weight is 217 g/mol. The second-order valence-electron chi connectivity index (χ2n) is 3.52. The monoisotopic (exact) mass is 217 g/mol. The number of hydrogen-bond acceptors (Lipinski definition) is 3. The minimum atomic E-state index is -0.484. The number of furan rings is 1. The van der Waals surface area contributed by atoms with Crippen molar-refractivity contribution in [2.75, 3.05) is 0 Å². The predicted molar refractivity (Wildman–Crippen MR) is 59.5 cm³/mol. The molecule has 1 N–H and O–H groups in total. The zero-order valence-corrected chi connectivity index (χ0v) is 8.80. The van der Waals surface area contributed by atoms with E-state index in [1.165, 1.54) is 12.3 Å². The highest BCUT2D eigenvalue weighted by molar-refractivity contribution is 5.73. The summed E-state index contributed by atoms with van der Waals surface area (Å²) in [6, 6.07) is 6.45. The molecule has 0 bridgehead atoms. The first-order valence-corrected chi connectivity index (χ1v) is 4.75. The molecule has 2 aromatic heterocycles.